The van der Waals surface area contributed by atoms with Crippen LogP contribution >= 0.6 is 11.3 Å². The minimum Gasteiger partial charge on any atom is -0.480 e. The number of carboxylic acids is 2. The minimum atomic E-state index is -1.20. The van der Waals surface area contributed by atoms with Crippen LogP contribution in [0.1, 0.15) is 28.1 Å². The Labute approximate surface area is 218 Å². The van der Waals surface area contributed by atoms with E-state index in [0.29, 0.717) is 27.4 Å². The minimum absolute atomic E-state index is 0.0201. The van der Waals surface area contributed by atoms with E-state index in [1.54, 1.807) is 25.1 Å². The van der Waals surface area contributed by atoms with E-state index in [0.717, 1.165) is 37.3 Å². The largest absolute Gasteiger partial charge is 0.480 e. The third-order valence-corrected chi connectivity index (χ3v) is 7.41. The summed E-state index contributed by atoms with van der Waals surface area (Å²) in [6, 6.07) is 16.3. The number of anilines is 1. The number of carbonyl (C=O) groups excluding carboxylic acids is 1. The molecule has 1 aliphatic heterocycles. The quantitative estimate of drug-likeness (QED) is 0.309. The first kappa shape index (κ1) is 26.2. The van der Waals surface area contributed by atoms with Crippen molar-refractivity contribution in [1.82, 2.24) is 5.32 Å². The van der Waals surface area contributed by atoms with E-state index >= 15 is 0 Å². The van der Waals surface area contributed by atoms with Gasteiger partial charge in [-0.2, -0.15) is 0 Å². The number of hydrogen-bond acceptors (Lipinski definition) is 7. The molecule has 1 unspecified atom stereocenters. The smallest absolute Gasteiger partial charge is 0.349 e. The summed E-state index contributed by atoms with van der Waals surface area (Å²) >= 11 is 1.00. The van der Waals surface area contributed by atoms with E-state index < -0.39 is 24.6 Å². The number of para-hydroxylation sites is 1. The Balaban J connectivity index is 1.61. The SMILES string of the molecule is Cc1c(-c2cccc(OC(C(=O)Nc3ccccc3)C3CCNCC3)c2)sc(C(=O)O)c1OCC(=O)O. The molecule has 1 saturated heterocycles. The number of benzene rings is 2. The number of aliphatic carboxylic acids is 1. The van der Waals surface area contributed by atoms with E-state index in [9.17, 15) is 19.5 Å². The maximum atomic E-state index is 13.3. The van der Waals surface area contributed by atoms with Gasteiger partial charge < -0.3 is 30.3 Å². The van der Waals surface area contributed by atoms with Gasteiger partial charge in [0.25, 0.3) is 5.91 Å². The van der Waals surface area contributed by atoms with Gasteiger partial charge in [-0.3, -0.25) is 4.79 Å². The topological polar surface area (TPSA) is 134 Å². The number of carbonyl (C=O) groups is 3. The van der Waals surface area contributed by atoms with Crippen molar-refractivity contribution < 1.29 is 34.1 Å². The highest BCUT2D eigenvalue weighted by Gasteiger charge is 2.32. The van der Waals surface area contributed by atoms with Gasteiger partial charge in [0.15, 0.2) is 17.6 Å². The molecule has 0 radical (unpaired) electrons. The van der Waals surface area contributed by atoms with Crippen molar-refractivity contribution in [3.05, 3.63) is 65.0 Å². The molecule has 0 saturated carbocycles. The summed E-state index contributed by atoms with van der Waals surface area (Å²) in [6.07, 6.45) is 0.872. The van der Waals surface area contributed by atoms with E-state index in [2.05, 4.69) is 10.6 Å². The molecule has 194 valence electrons. The normalized spacial score (nSPS) is 14.5. The third kappa shape index (κ3) is 6.46. The van der Waals surface area contributed by atoms with E-state index in [-0.39, 0.29) is 22.5 Å². The van der Waals surface area contributed by atoms with Gasteiger partial charge in [0.05, 0.1) is 0 Å². The summed E-state index contributed by atoms with van der Waals surface area (Å²) in [6.45, 7) is 2.65. The molecule has 2 heterocycles. The van der Waals surface area contributed by atoms with Crippen molar-refractivity contribution in [3.63, 3.8) is 0 Å². The first-order chi connectivity index (χ1) is 17.8. The summed E-state index contributed by atoms with van der Waals surface area (Å²) < 4.78 is 11.6. The number of piperidine rings is 1. The second-order valence-corrected chi connectivity index (χ2v) is 9.73. The molecule has 4 rings (SSSR count). The second kappa shape index (κ2) is 11.9. The van der Waals surface area contributed by atoms with Crippen LogP contribution in [-0.4, -0.2) is 53.9 Å². The molecular weight excluding hydrogens is 496 g/mol. The fraction of sp³-hybridized carbons (Fsp3) is 0.296. The van der Waals surface area contributed by atoms with E-state index in [4.69, 9.17) is 14.6 Å². The van der Waals surface area contributed by atoms with Gasteiger partial charge in [0.2, 0.25) is 0 Å². The Morgan fingerprint density at radius 2 is 1.81 bits per heavy atom. The van der Waals surface area contributed by atoms with Crippen LogP contribution in [0.2, 0.25) is 0 Å². The highest BCUT2D eigenvalue weighted by atomic mass is 32.1. The standard InChI is InChI=1S/C27H28N2O7S/c1-16-22(35-15-21(30)31)25(27(33)34)37-24(16)18-6-5-9-20(14-18)36-23(17-10-12-28-13-11-17)26(32)29-19-7-3-2-4-8-19/h2-9,14,17,23,28H,10-13,15H2,1H3,(H,29,32)(H,30,31)(H,33,34). The maximum absolute atomic E-state index is 13.3. The van der Waals surface area contributed by atoms with Crippen molar-refractivity contribution >= 4 is 34.9 Å². The fourth-order valence-corrected chi connectivity index (χ4v) is 5.41. The first-order valence-electron chi connectivity index (χ1n) is 11.9. The lowest BCUT2D eigenvalue weighted by atomic mass is 9.91. The lowest BCUT2D eigenvalue weighted by Crippen LogP contribution is -2.44. The van der Waals surface area contributed by atoms with Gasteiger partial charge in [0.1, 0.15) is 11.5 Å². The molecule has 0 spiro atoms. The summed E-state index contributed by atoms with van der Waals surface area (Å²) in [5, 5.41) is 24.8. The van der Waals surface area contributed by atoms with E-state index in [1.165, 1.54) is 0 Å². The Kier molecular flexibility index (Phi) is 8.42. The molecule has 0 bridgehead atoms. The lowest BCUT2D eigenvalue weighted by Gasteiger charge is -2.30. The van der Waals surface area contributed by atoms with Crippen LogP contribution in [0.3, 0.4) is 0 Å². The van der Waals surface area contributed by atoms with Crippen LogP contribution in [-0.2, 0) is 9.59 Å². The molecule has 0 aliphatic carbocycles. The molecule has 1 amide bonds. The van der Waals surface area contributed by atoms with Crippen LogP contribution in [0.15, 0.2) is 54.6 Å². The average Bonchev–Trinajstić information content (AvgIpc) is 3.23. The Morgan fingerprint density at radius 3 is 2.49 bits per heavy atom. The number of amides is 1. The predicted octanol–water partition coefficient (Wildman–Crippen LogP) is 4.27. The lowest BCUT2D eigenvalue weighted by molar-refractivity contribution is -0.139. The highest BCUT2D eigenvalue weighted by Crippen LogP contribution is 2.42. The predicted molar refractivity (Wildman–Crippen MR) is 140 cm³/mol. The molecule has 1 fully saturated rings. The van der Waals surface area contributed by atoms with Crippen molar-refractivity contribution in [2.24, 2.45) is 5.92 Å². The number of nitrogens with one attached hydrogen (secondary N) is 2. The Morgan fingerprint density at radius 1 is 1.08 bits per heavy atom. The Bertz CT molecular complexity index is 1270. The Hall–Kier alpha value is -3.89. The number of thiophene rings is 1. The molecule has 10 heteroatoms. The maximum Gasteiger partial charge on any atom is 0.349 e. The van der Waals surface area contributed by atoms with Crippen LogP contribution in [0.5, 0.6) is 11.5 Å². The van der Waals surface area contributed by atoms with Gasteiger partial charge in [-0.1, -0.05) is 30.3 Å². The van der Waals surface area contributed by atoms with E-state index in [1.807, 2.05) is 36.4 Å². The monoisotopic (exact) mass is 524 g/mol. The second-order valence-electron chi connectivity index (χ2n) is 8.71. The summed E-state index contributed by atoms with van der Waals surface area (Å²) in [4.78, 5) is 36.6. The summed E-state index contributed by atoms with van der Waals surface area (Å²) in [5.74, 6) is -2.09. The van der Waals surface area contributed by atoms with Crippen LogP contribution in [0, 0.1) is 12.8 Å². The molecule has 3 aromatic rings. The molecule has 1 atom stereocenters. The zero-order chi connectivity index (χ0) is 26.4. The average molecular weight is 525 g/mol. The molecule has 1 aliphatic rings. The summed E-state index contributed by atoms with van der Waals surface area (Å²) in [7, 11) is 0. The summed E-state index contributed by atoms with van der Waals surface area (Å²) in [5.41, 5.74) is 1.89. The van der Waals surface area contributed by atoms with Crippen LogP contribution in [0.4, 0.5) is 5.69 Å². The van der Waals surface area contributed by atoms with Gasteiger partial charge in [-0.05, 0) is 62.7 Å². The third-order valence-electron chi connectivity index (χ3n) is 6.10. The highest BCUT2D eigenvalue weighted by molar-refractivity contribution is 7.18. The fourth-order valence-electron chi connectivity index (χ4n) is 4.33. The van der Waals surface area contributed by atoms with Gasteiger partial charge in [0, 0.05) is 22.0 Å². The molecule has 1 aromatic heterocycles. The van der Waals surface area contributed by atoms with Gasteiger partial charge in [-0.15, -0.1) is 11.3 Å². The van der Waals surface area contributed by atoms with Crippen molar-refractivity contribution in [2.45, 2.75) is 25.9 Å². The molecule has 37 heavy (non-hydrogen) atoms. The van der Waals surface area contributed by atoms with Crippen molar-refractivity contribution in [3.8, 4) is 21.9 Å². The number of aromatic carboxylic acids is 1. The van der Waals surface area contributed by atoms with Crippen LogP contribution in [0.25, 0.3) is 10.4 Å². The zero-order valence-corrected chi connectivity index (χ0v) is 21.0. The number of carboxylic acid groups (broad SMARTS) is 2. The number of ether oxygens (including phenoxy) is 2. The van der Waals surface area contributed by atoms with Crippen molar-refractivity contribution in [1.29, 1.82) is 0 Å². The number of hydrogen-bond donors (Lipinski definition) is 4. The van der Waals surface area contributed by atoms with Gasteiger partial charge >= 0.3 is 11.9 Å². The van der Waals surface area contributed by atoms with Crippen molar-refractivity contribution in [2.75, 3.05) is 25.0 Å². The van der Waals surface area contributed by atoms with Gasteiger partial charge in [-0.25, -0.2) is 9.59 Å². The van der Waals surface area contributed by atoms with Crippen LogP contribution < -0.4 is 20.1 Å². The molecule has 2 aromatic carbocycles. The number of rotatable bonds is 10. The first-order valence-corrected chi connectivity index (χ1v) is 12.7. The molecule has 9 nitrogen and oxygen atoms in total. The zero-order valence-electron chi connectivity index (χ0n) is 20.2. The molecular formula is C27H28N2O7S. The molecule has 4 N–H and O–H groups in total.